The highest BCUT2D eigenvalue weighted by Crippen LogP contribution is 2.28. The fourth-order valence-electron chi connectivity index (χ4n) is 3.30. The zero-order chi connectivity index (χ0) is 22.3. The fraction of sp³-hybridized carbons (Fsp3) is 0.591. The number of esters is 1. The number of nitrogens with one attached hydrogen (secondary N) is 1. The van der Waals surface area contributed by atoms with Crippen molar-refractivity contribution in [2.75, 3.05) is 51.8 Å². The highest BCUT2D eigenvalue weighted by atomic mass is 19.1. The number of nitrogens with zero attached hydrogens (tertiary/aromatic N) is 3. The summed E-state index contributed by atoms with van der Waals surface area (Å²) in [5.74, 6) is -0.474. The van der Waals surface area contributed by atoms with Crippen LogP contribution in [0.15, 0.2) is 23.8 Å². The molecule has 3 rings (SSSR count). The maximum atomic E-state index is 14.3. The fourth-order valence-corrected chi connectivity index (χ4v) is 3.30. The number of carbonyl (C=O) groups excluding carboxylic acids is 2. The molecule has 0 aromatic carbocycles. The first-order valence-electron chi connectivity index (χ1n) is 10.4. The van der Waals surface area contributed by atoms with Crippen LogP contribution >= 0.6 is 0 Å². The summed E-state index contributed by atoms with van der Waals surface area (Å²) < 4.78 is 19.0. The van der Waals surface area contributed by atoms with E-state index in [1.165, 1.54) is 25.8 Å². The number of aromatic nitrogens is 1. The molecule has 166 valence electrons. The molecular formula is C22H33FN4O3. The second-order valence-corrected chi connectivity index (χ2v) is 8.24. The average molecular weight is 421 g/mol. The predicted molar refractivity (Wildman–Crippen MR) is 115 cm³/mol. The van der Waals surface area contributed by atoms with Crippen LogP contribution in [0, 0.1) is 17.8 Å². The third-order valence-corrected chi connectivity index (χ3v) is 4.85. The highest BCUT2D eigenvalue weighted by molar-refractivity contribution is 5.92. The van der Waals surface area contributed by atoms with Crippen molar-refractivity contribution in [3.63, 3.8) is 0 Å². The Hall–Kier alpha value is -2.48. The van der Waals surface area contributed by atoms with Gasteiger partial charge in [0, 0.05) is 39.8 Å². The molecule has 2 heterocycles. The SMILES string of the molecule is CC(C)C.CNC(=O)c1ccc(N2CCN(CC3=CC(C(=O)OC)C3)CC2)c(F)n1. The number of methoxy groups -OCH3 is 1. The van der Waals surface area contributed by atoms with Crippen LogP contribution in [0.2, 0.25) is 0 Å². The first kappa shape index (κ1) is 23.8. The third-order valence-electron chi connectivity index (χ3n) is 4.85. The second kappa shape index (κ2) is 11.1. The zero-order valence-electron chi connectivity index (χ0n) is 18.6. The molecule has 1 aliphatic carbocycles. The number of rotatable bonds is 5. The van der Waals surface area contributed by atoms with Gasteiger partial charge in [0.2, 0.25) is 5.95 Å². The van der Waals surface area contributed by atoms with Crippen LogP contribution in [0.25, 0.3) is 0 Å². The van der Waals surface area contributed by atoms with Crippen molar-refractivity contribution in [3.8, 4) is 0 Å². The Bertz CT molecular complexity index is 771. The number of piperazine rings is 1. The molecule has 2 aliphatic rings. The summed E-state index contributed by atoms with van der Waals surface area (Å²) in [7, 11) is 2.89. The van der Waals surface area contributed by atoms with Gasteiger partial charge in [-0.25, -0.2) is 4.98 Å². The van der Waals surface area contributed by atoms with Crippen molar-refractivity contribution in [1.29, 1.82) is 0 Å². The molecule has 1 atom stereocenters. The van der Waals surface area contributed by atoms with Gasteiger partial charge in [0.1, 0.15) is 5.69 Å². The normalized spacial score (nSPS) is 18.7. The average Bonchev–Trinajstić information content (AvgIpc) is 2.69. The minimum atomic E-state index is -0.623. The molecule has 0 spiro atoms. The van der Waals surface area contributed by atoms with Gasteiger partial charge in [-0.15, -0.1) is 0 Å². The molecule has 0 radical (unpaired) electrons. The van der Waals surface area contributed by atoms with Crippen LogP contribution in [-0.2, 0) is 9.53 Å². The zero-order valence-corrected chi connectivity index (χ0v) is 18.6. The van der Waals surface area contributed by atoms with Gasteiger partial charge in [-0.05, 0) is 24.5 Å². The summed E-state index contributed by atoms with van der Waals surface area (Å²) in [6, 6.07) is 3.15. The Morgan fingerprint density at radius 3 is 2.33 bits per heavy atom. The number of amides is 1. The molecule has 1 amide bonds. The van der Waals surface area contributed by atoms with Gasteiger partial charge in [-0.1, -0.05) is 32.4 Å². The lowest BCUT2D eigenvalue weighted by atomic mass is 9.86. The molecule has 1 aromatic rings. The number of anilines is 1. The summed E-state index contributed by atoms with van der Waals surface area (Å²) in [6.45, 7) is 10.3. The lowest BCUT2D eigenvalue weighted by Crippen LogP contribution is -2.47. The Kier molecular flexibility index (Phi) is 8.77. The summed E-state index contributed by atoms with van der Waals surface area (Å²) in [5.41, 5.74) is 1.74. The van der Waals surface area contributed by atoms with Gasteiger partial charge in [-0.3, -0.25) is 14.5 Å². The van der Waals surface area contributed by atoms with E-state index in [2.05, 4.69) is 36.0 Å². The van der Waals surface area contributed by atoms with E-state index in [1.54, 1.807) is 6.07 Å². The van der Waals surface area contributed by atoms with Crippen LogP contribution in [0.3, 0.4) is 0 Å². The van der Waals surface area contributed by atoms with Crippen molar-refractivity contribution in [2.45, 2.75) is 27.2 Å². The van der Waals surface area contributed by atoms with Crippen LogP contribution in [0.5, 0.6) is 0 Å². The van der Waals surface area contributed by atoms with E-state index >= 15 is 0 Å². The number of halogens is 1. The topological polar surface area (TPSA) is 74.8 Å². The summed E-state index contributed by atoms with van der Waals surface area (Å²) in [4.78, 5) is 30.9. The Morgan fingerprint density at radius 1 is 1.23 bits per heavy atom. The first-order chi connectivity index (χ1) is 14.2. The summed E-state index contributed by atoms with van der Waals surface area (Å²) in [5, 5.41) is 2.43. The number of hydrogen-bond donors (Lipinski definition) is 1. The number of carbonyl (C=O) groups is 2. The van der Waals surface area contributed by atoms with Gasteiger partial charge < -0.3 is 15.0 Å². The molecule has 0 saturated carbocycles. The van der Waals surface area contributed by atoms with Gasteiger partial charge in [0.15, 0.2) is 0 Å². The maximum Gasteiger partial charge on any atom is 0.312 e. The van der Waals surface area contributed by atoms with Crippen molar-refractivity contribution >= 4 is 17.6 Å². The molecule has 1 N–H and O–H groups in total. The van der Waals surface area contributed by atoms with E-state index in [9.17, 15) is 14.0 Å². The molecule has 1 unspecified atom stereocenters. The van der Waals surface area contributed by atoms with E-state index in [1.807, 2.05) is 11.0 Å². The van der Waals surface area contributed by atoms with E-state index < -0.39 is 11.9 Å². The Morgan fingerprint density at radius 2 is 1.83 bits per heavy atom. The number of hydrogen-bond acceptors (Lipinski definition) is 6. The lowest BCUT2D eigenvalue weighted by Gasteiger charge is -2.37. The van der Waals surface area contributed by atoms with E-state index in [-0.39, 0.29) is 17.6 Å². The largest absolute Gasteiger partial charge is 0.469 e. The molecule has 8 heteroatoms. The Balaban J connectivity index is 0.000000735. The van der Waals surface area contributed by atoms with Crippen molar-refractivity contribution < 1.29 is 18.7 Å². The minimum Gasteiger partial charge on any atom is -0.469 e. The molecule has 7 nitrogen and oxygen atoms in total. The van der Waals surface area contributed by atoms with Crippen LogP contribution < -0.4 is 10.2 Å². The predicted octanol–water partition coefficient (Wildman–Crippen LogP) is 2.48. The van der Waals surface area contributed by atoms with E-state index in [0.29, 0.717) is 18.8 Å². The van der Waals surface area contributed by atoms with Crippen LogP contribution in [0.1, 0.15) is 37.7 Å². The molecule has 1 aromatic heterocycles. The lowest BCUT2D eigenvalue weighted by molar-refractivity contribution is -0.144. The Labute approximate surface area is 178 Å². The maximum absolute atomic E-state index is 14.3. The molecule has 0 bridgehead atoms. The highest BCUT2D eigenvalue weighted by Gasteiger charge is 2.29. The van der Waals surface area contributed by atoms with Gasteiger partial charge in [0.25, 0.3) is 5.91 Å². The van der Waals surface area contributed by atoms with Gasteiger partial charge in [-0.2, -0.15) is 4.39 Å². The van der Waals surface area contributed by atoms with Crippen LogP contribution in [0.4, 0.5) is 10.1 Å². The monoisotopic (exact) mass is 420 g/mol. The smallest absolute Gasteiger partial charge is 0.312 e. The van der Waals surface area contributed by atoms with Crippen molar-refractivity contribution in [1.82, 2.24) is 15.2 Å². The number of pyridine rings is 1. The second-order valence-electron chi connectivity index (χ2n) is 8.24. The molecule has 30 heavy (non-hydrogen) atoms. The van der Waals surface area contributed by atoms with Gasteiger partial charge >= 0.3 is 5.97 Å². The molecule has 1 fully saturated rings. The van der Waals surface area contributed by atoms with E-state index in [4.69, 9.17) is 4.74 Å². The van der Waals surface area contributed by atoms with Crippen molar-refractivity contribution in [2.24, 2.45) is 11.8 Å². The summed E-state index contributed by atoms with van der Waals surface area (Å²) in [6.07, 6.45) is 2.73. The quantitative estimate of drug-likeness (QED) is 0.448. The first-order valence-corrected chi connectivity index (χ1v) is 10.4. The molecule has 1 saturated heterocycles. The summed E-state index contributed by atoms with van der Waals surface area (Å²) >= 11 is 0. The van der Waals surface area contributed by atoms with Gasteiger partial charge in [0.05, 0.1) is 18.7 Å². The van der Waals surface area contributed by atoms with Crippen LogP contribution in [-0.4, -0.2) is 68.6 Å². The minimum absolute atomic E-state index is 0.0736. The standard InChI is InChI=1S/C18H23FN4O3.C4H10/c1-20-17(24)14-3-4-15(16(19)21-14)23-7-5-22(6-8-23)11-12-9-13(10-12)18(25)26-2;1-4(2)3/h3-4,9,13H,5-8,10-11H2,1-2H3,(H,20,24);4H,1-3H3. The number of ether oxygens (including phenoxy) is 1. The third kappa shape index (κ3) is 6.52. The van der Waals surface area contributed by atoms with Crippen molar-refractivity contribution in [3.05, 3.63) is 35.4 Å². The molecular weight excluding hydrogens is 387 g/mol. The van der Waals surface area contributed by atoms with E-state index in [0.717, 1.165) is 32.0 Å². The molecule has 1 aliphatic heterocycles.